The first kappa shape index (κ1) is 22.2. The van der Waals surface area contributed by atoms with E-state index in [9.17, 15) is 0 Å². The van der Waals surface area contributed by atoms with E-state index in [-0.39, 0.29) is 75.6 Å². The van der Waals surface area contributed by atoms with Crippen LogP contribution in [0.15, 0.2) is 20.0 Å². The molecule has 0 fully saturated rings. The Bertz CT molecular complexity index is 264. The van der Waals surface area contributed by atoms with Crippen LogP contribution < -0.4 is 0 Å². The molecular weight excluding hydrogens is 320 g/mol. The molecule has 0 bridgehead atoms. The van der Waals surface area contributed by atoms with Gasteiger partial charge >= 0.3 is 88.8 Å². The molecular formula is C15H29GeKSi. The summed E-state index contributed by atoms with van der Waals surface area (Å²) in [6.45, 7) is 16.1. The number of allylic oxidation sites excluding steroid dienone is 4. The summed E-state index contributed by atoms with van der Waals surface area (Å²) in [7, 11) is 0.120. The molecule has 1 aliphatic rings. The van der Waals surface area contributed by atoms with Crippen molar-refractivity contribution in [2.75, 3.05) is 0 Å². The number of hydrogen-bond donors (Lipinski definition) is 0. The van der Waals surface area contributed by atoms with E-state index in [2.05, 4.69) is 47.3 Å². The van der Waals surface area contributed by atoms with E-state index < -0.39 is 0 Å². The second kappa shape index (κ2) is 12.6. The zero-order chi connectivity index (χ0) is 13.4. The van der Waals surface area contributed by atoms with Crippen molar-refractivity contribution in [3.8, 4) is 0 Å². The second-order valence-electron chi connectivity index (χ2n) is 4.95. The third-order valence-corrected chi connectivity index (χ3v) is 6.82. The molecule has 0 aromatic rings. The van der Waals surface area contributed by atoms with Gasteiger partial charge in [0.1, 0.15) is 0 Å². The zero-order valence-electron chi connectivity index (χ0n) is 13.8. The van der Waals surface area contributed by atoms with Crippen LogP contribution in [0, 0.1) is 0 Å². The predicted octanol–water partition coefficient (Wildman–Crippen LogP) is 4.84. The van der Waals surface area contributed by atoms with Gasteiger partial charge in [-0.1, -0.05) is 19.6 Å². The summed E-state index contributed by atoms with van der Waals surface area (Å²) in [5, 5.41) is 0. The molecule has 0 aromatic heterocycles. The van der Waals surface area contributed by atoms with Crippen LogP contribution in [0.3, 0.4) is 0 Å². The van der Waals surface area contributed by atoms with Crippen molar-refractivity contribution in [1.29, 1.82) is 0 Å². The molecule has 1 aliphatic heterocycles. The van der Waals surface area contributed by atoms with Gasteiger partial charge in [-0.3, -0.25) is 0 Å². The maximum Gasteiger partial charge on any atom is 0.0379 e. The molecule has 18 heavy (non-hydrogen) atoms. The Labute approximate surface area is 166 Å². The van der Waals surface area contributed by atoms with Gasteiger partial charge in [-0.05, 0) is 0 Å². The summed E-state index contributed by atoms with van der Waals surface area (Å²) in [5.74, 6) is 0. The number of hydrogen-bond acceptors (Lipinski definition) is 0. The smallest absolute Gasteiger partial charge is 0.0379 e. The Morgan fingerprint density at radius 3 is 1.17 bits per heavy atom. The molecule has 0 aliphatic carbocycles. The molecule has 0 amide bonds. The average Bonchev–Trinajstić information content (AvgIpc) is 2.64. The normalized spacial score (nSPS) is 14.7. The summed E-state index contributed by atoms with van der Waals surface area (Å²) < 4.78 is 3.66. The van der Waals surface area contributed by atoms with Crippen molar-refractivity contribution in [3.05, 3.63) is 20.0 Å². The minimum Gasteiger partial charge on any atom is -0.0715 e. The molecule has 4 radical (unpaired) electrons. The van der Waals surface area contributed by atoms with Crippen LogP contribution in [0.1, 0.15) is 53.4 Å². The van der Waals surface area contributed by atoms with Crippen LogP contribution in [0.5, 0.6) is 0 Å². The summed E-state index contributed by atoms with van der Waals surface area (Å²) in [6.07, 6.45) is 5.13. The van der Waals surface area contributed by atoms with Crippen LogP contribution in [0.25, 0.3) is 0 Å². The molecule has 0 nitrogen and oxygen atoms in total. The second-order valence-corrected chi connectivity index (χ2v) is 11.0. The first-order valence-corrected chi connectivity index (χ1v) is 12.1. The molecule has 0 aromatic carbocycles. The fourth-order valence-corrected chi connectivity index (χ4v) is 5.67. The fraction of sp³-hybridized carbons (Fsp3) is 0.733. The topological polar surface area (TPSA) is 0 Å². The molecule has 0 spiro atoms. The van der Waals surface area contributed by atoms with Crippen LogP contribution in [-0.4, -0.2) is 75.6 Å². The zero-order valence-corrected chi connectivity index (χ0v) is 20.0. The minimum absolute atomic E-state index is 0. The van der Waals surface area contributed by atoms with Gasteiger partial charge in [0.25, 0.3) is 0 Å². The van der Waals surface area contributed by atoms with Crippen molar-refractivity contribution >= 4 is 75.6 Å². The molecule has 0 atom stereocenters. The molecule has 3 heteroatoms. The maximum absolute atomic E-state index is 2.32. The molecule has 0 saturated heterocycles. The van der Waals surface area contributed by atoms with Crippen molar-refractivity contribution in [2.45, 2.75) is 73.0 Å². The van der Waals surface area contributed by atoms with Gasteiger partial charge in [0.05, 0.1) is 0 Å². The van der Waals surface area contributed by atoms with E-state index in [1.54, 1.807) is 11.1 Å². The van der Waals surface area contributed by atoms with Crippen molar-refractivity contribution < 1.29 is 0 Å². The standard InChI is InChI=1S/C12H20Ge.C3H9Si.K/c1-5-9-10(6-2)12(8-4)13-11(9)7-3;1-4(2)3;/h5-8H2,1-4H3;1-3H3;. The molecule has 0 unspecified atom stereocenters. The van der Waals surface area contributed by atoms with E-state index in [1.165, 1.54) is 25.7 Å². The first-order chi connectivity index (χ1) is 8.01. The molecule has 1 heterocycles. The summed E-state index contributed by atoms with van der Waals surface area (Å²) in [6, 6.07) is 0. The molecule has 0 N–H and O–H groups in total. The summed E-state index contributed by atoms with van der Waals surface area (Å²) in [4.78, 5) is 0. The quantitative estimate of drug-likeness (QED) is 0.637. The first-order valence-electron chi connectivity index (χ1n) is 6.99. The third-order valence-electron chi connectivity index (χ3n) is 2.81. The van der Waals surface area contributed by atoms with E-state index in [1.807, 2.05) is 8.81 Å². The predicted molar refractivity (Wildman–Crippen MR) is 90.1 cm³/mol. The Kier molecular flexibility index (Phi) is 15.5. The summed E-state index contributed by atoms with van der Waals surface area (Å²) in [5.41, 5.74) is 3.48. The van der Waals surface area contributed by atoms with Crippen molar-refractivity contribution in [2.24, 2.45) is 0 Å². The Hall–Kier alpha value is 1.88. The maximum atomic E-state index is 2.32. The number of rotatable bonds is 4. The van der Waals surface area contributed by atoms with E-state index >= 15 is 0 Å². The SMILES string of the molecule is CC[C]1=C(CC)C(CC)=[C](CC)[Ge]1.C[Si](C)C.[K]. The van der Waals surface area contributed by atoms with Gasteiger partial charge in [0, 0.05) is 60.2 Å². The van der Waals surface area contributed by atoms with Gasteiger partial charge in [-0.25, -0.2) is 0 Å². The van der Waals surface area contributed by atoms with Crippen molar-refractivity contribution in [3.63, 3.8) is 0 Å². The molecule has 1 rings (SSSR count). The fourth-order valence-electron chi connectivity index (χ4n) is 2.15. The molecule has 98 valence electrons. The minimum atomic E-state index is 0. The van der Waals surface area contributed by atoms with Gasteiger partial charge in [0.2, 0.25) is 0 Å². The van der Waals surface area contributed by atoms with Crippen LogP contribution >= 0.6 is 0 Å². The van der Waals surface area contributed by atoms with Gasteiger partial charge in [0.15, 0.2) is 0 Å². The monoisotopic (exact) mass is 350 g/mol. The summed E-state index contributed by atoms with van der Waals surface area (Å²) >= 11 is 0.140. The molecule has 0 saturated carbocycles. The van der Waals surface area contributed by atoms with E-state index in [0.29, 0.717) is 0 Å². The van der Waals surface area contributed by atoms with Crippen LogP contribution in [0.2, 0.25) is 19.6 Å². The van der Waals surface area contributed by atoms with E-state index in [0.717, 1.165) is 0 Å². The van der Waals surface area contributed by atoms with Gasteiger partial charge in [-0.15, -0.1) is 0 Å². The van der Waals surface area contributed by atoms with Gasteiger partial charge < -0.3 is 0 Å². The van der Waals surface area contributed by atoms with Crippen molar-refractivity contribution in [1.82, 2.24) is 0 Å². The largest absolute Gasteiger partial charge is 0.0715 e. The third kappa shape index (κ3) is 7.60. The Morgan fingerprint density at radius 2 is 1.00 bits per heavy atom. The van der Waals surface area contributed by atoms with Gasteiger partial charge in [-0.2, -0.15) is 0 Å². The Morgan fingerprint density at radius 1 is 0.722 bits per heavy atom. The van der Waals surface area contributed by atoms with Crippen LogP contribution in [0.4, 0.5) is 0 Å². The van der Waals surface area contributed by atoms with Crippen LogP contribution in [-0.2, 0) is 0 Å². The Balaban J connectivity index is 0. The average molecular weight is 349 g/mol. The van der Waals surface area contributed by atoms with E-state index in [4.69, 9.17) is 0 Å².